The molecule has 2 N–H and O–H groups in total. The molecule has 0 fully saturated rings. The Kier molecular flexibility index (Phi) is 5.76. The second-order valence-corrected chi connectivity index (χ2v) is 5.63. The van der Waals surface area contributed by atoms with Gasteiger partial charge in [-0.1, -0.05) is 26.0 Å². The summed E-state index contributed by atoms with van der Waals surface area (Å²) in [5, 5.41) is 13.2. The van der Waals surface area contributed by atoms with Crippen LogP contribution in [0.25, 0.3) is 0 Å². The number of methoxy groups -OCH3 is 1. The van der Waals surface area contributed by atoms with Gasteiger partial charge in [-0.15, -0.1) is 0 Å². The summed E-state index contributed by atoms with van der Waals surface area (Å²) in [5.74, 6) is 0.319. The number of hydrogen-bond acceptors (Lipinski definition) is 3. The fourth-order valence-corrected chi connectivity index (χ4v) is 2.27. The van der Waals surface area contributed by atoms with Crippen molar-refractivity contribution in [1.82, 2.24) is 5.32 Å². The highest BCUT2D eigenvalue weighted by Crippen LogP contribution is 2.20. The van der Waals surface area contributed by atoms with E-state index in [1.54, 1.807) is 25.1 Å². The van der Waals surface area contributed by atoms with Crippen molar-refractivity contribution in [2.75, 3.05) is 13.7 Å². The van der Waals surface area contributed by atoms with Crippen LogP contribution in [0.2, 0.25) is 0 Å². The van der Waals surface area contributed by atoms with E-state index in [0.29, 0.717) is 31.0 Å². The van der Waals surface area contributed by atoms with Crippen molar-refractivity contribution in [2.24, 2.45) is 5.92 Å². The zero-order valence-electron chi connectivity index (χ0n) is 12.2. The Hall–Kier alpha value is -1.13. The summed E-state index contributed by atoms with van der Waals surface area (Å²) in [6.45, 7) is 6.73. The third kappa shape index (κ3) is 5.17. The molecule has 1 rings (SSSR count). The third-order valence-corrected chi connectivity index (χ3v) is 2.93. The number of benzene rings is 1. The average Bonchev–Trinajstić information content (AvgIpc) is 2.29. The van der Waals surface area contributed by atoms with Crippen molar-refractivity contribution in [3.8, 4) is 5.75 Å². The van der Waals surface area contributed by atoms with Crippen LogP contribution in [-0.4, -0.2) is 24.4 Å². The molecular formula is C15H24FNO2. The van der Waals surface area contributed by atoms with Gasteiger partial charge in [0.15, 0.2) is 11.6 Å². The summed E-state index contributed by atoms with van der Waals surface area (Å²) in [5.41, 5.74) is -0.233. The lowest BCUT2D eigenvalue weighted by atomic mass is 9.94. The summed E-state index contributed by atoms with van der Waals surface area (Å²) >= 11 is 0. The van der Waals surface area contributed by atoms with Crippen molar-refractivity contribution >= 4 is 0 Å². The Labute approximate surface area is 114 Å². The van der Waals surface area contributed by atoms with Gasteiger partial charge in [0, 0.05) is 18.7 Å². The van der Waals surface area contributed by atoms with Gasteiger partial charge in [0.1, 0.15) is 0 Å². The maximum absolute atomic E-state index is 13.9. The summed E-state index contributed by atoms with van der Waals surface area (Å²) in [4.78, 5) is 0. The first-order valence-electron chi connectivity index (χ1n) is 6.60. The van der Waals surface area contributed by atoms with Gasteiger partial charge in [0.2, 0.25) is 0 Å². The fourth-order valence-electron chi connectivity index (χ4n) is 2.27. The highest BCUT2D eigenvalue weighted by atomic mass is 19.1. The highest BCUT2D eigenvalue weighted by molar-refractivity contribution is 5.30. The quantitative estimate of drug-likeness (QED) is 0.799. The van der Waals surface area contributed by atoms with E-state index >= 15 is 0 Å². The molecule has 0 spiro atoms. The zero-order valence-corrected chi connectivity index (χ0v) is 12.2. The number of hydrogen-bond donors (Lipinski definition) is 2. The van der Waals surface area contributed by atoms with Gasteiger partial charge in [-0.3, -0.25) is 0 Å². The monoisotopic (exact) mass is 269 g/mol. The molecule has 19 heavy (non-hydrogen) atoms. The zero-order chi connectivity index (χ0) is 14.5. The van der Waals surface area contributed by atoms with Crippen molar-refractivity contribution < 1.29 is 14.2 Å². The predicted molar refractivity (Wildman–Crippen MR) is 74.7 cm³/mol. The van der Waals surface area contributed by atoms with Crippen LogP contribution in [0.1, 0.15) is 32.8 Å². The molecule has 0 radical (unpaired) electrons. The maximum atomic E-state index is 13.9. The Morgan fingerprint density at radius 2 is 2.11 bits per heavy atom. The molecule has 4 heteroatoms. The molecule has 0 heterocycles. The van der Waals surface area contributed by atoms with E-state index in [-0.39, 0.29) is 11.6 Å². The van der Waals surface area contributed by atoms with Crippen molar-refractivity contribution in [3.63, 3.8) is 0 Å². The predicted octanol–water partition coefficient (Wildman–Crippen LogP) is 2.72. The molecule has 0 saturated carbocycles. The van der Waals surface area contributed by atoms with Crippen LogP contribution < -0.4 is 10.1 Å². The van der Waals surface area contributed by atoms with Crippen molar-refractivity contribution in [3.05, 3.63) is 29.6 Å². The minimum Gasteiger partial charge on any atom is -0.494 e. The normalized spacial score (nSPS) is 14.5. The first-order valence-corrected chi connectivity index (χ1v) is 6.60. The van der Waals surface area contributed by atoms with Crippen LogP contribution in [0.5, 0.6) is 5.75 Å². The van der Waals surface area contributed by atoms with E-state index < -0.39 is 5.60 Å². The second kappa shape index (κ2) is 6.87. The first-order chi connectivity index (χ1) is 8.85. The maximum Gasteiger partial charge on any atom is 0.169 e. The van der Waals surface area contributed by atoms with Crippen LogP contribution in [-0.2, 0) is 6.54 Å². The minimum absolute atomic E-state index is 0.244. The molecule has 3 nitrogen and oxygen atoms in total. The molecule has 0 aromatic heterocycles. The van der Waals surface area contributed by atoms with Gasteiger partial charge in [-0.25, -0.2) is 4.39 Å². The lowest BCUT2D eigenvalue weighted by molar-refractivity contribution is 0.0382. The lowest BCUT2D eigenvalue weighted by Crippen LogP contribution is -2.38. The Balaban J connectivity index is 2.54. The molecule has 0 aliphatic heterocycles. The molecule has 1 aromatic carbocycles. The van der Waals surface area contributed by atoms with Crippen LogP contribution in [0.15, 0.2) is 18.2 Å². The van der Waals surface area contributed by atoms with E-state index in [1.165, 1.54) is 7.11 Å². The molecule has 1 unspecified atom stereocenters. The van der Waals surface area contributed by atoms with E-state index in [4.69, 9.17) is 4.74 Å². The van der Waals surface area contributed by atoms with Crippen molar-refractivity contribution in [1.29, 1.82) is 0 Å². The number of rotatable bonds is 7. The fraction of sp³-hybridized carbons (Fsp3) is 0.600. The molecule has 0 saturated heterocycles. The minimum atomic E-state index is -0.774. The van der Waals surface area contributed by atoms with Gasteiger partial charge in [0.05, 0.1) is 12.7 Å². The van der Waals surface area contributed by atoms with Crippen LogP contribution in [0, 0.1) is 11.7 Å². The number of nitrogens with one attached hydrogen (secondary N) is 1. The SMILES string of the molecule is COc1cccc(CNCC(C)(O)CC(C)C)c1F. The summed E-state index contributed by atoms with van der Waals surface area (Å²) < 4.78 is 18.8. The number of aliphatic hydroxyl groups is 1. The molecule has 0 aliphatic rings. The van der Waals surface area contributed by atoms with Gasteiger partial charge in [-0.05, 0) is 25.3 Å². The molecule has 0 amide bonds. The van der Waals surface area contributed by atoms with Crippen LogP contribution >= 0.6 is 0 Å². The van der Waals surface area contributed by atoms with Crippen LogP contribution in [0.3, 0.4) is 0 Å². The van der Waals surface area contributed by atoms with Gasteiger partial charge >= 0.3 is 0 Å². The molecule has 1 atom stereocenters. The topological polar surface area (TPSA) is 41.5 Å². The smallest absolute Gasteiger partial charge is 0.169 e. The van der Waals surface area contributed by atoms with E-state index in [1.807, 2.05) is 0 Å². The molecular weight excluding hydrogens is 245 g/mol. The van der Waals surface area contributed by atoms with E-state index in [9.17, 15) is 9.50 Å². The van der Waals surface area contributed by atoms with Gasteiger partial charge in [-0.2, -0.15) is 0 Å². The lowest BCUT2D eigenvalue weighted by Gasteiger charge is -2.25. The van der Waals surface area contributed by atoms with Crippen molar-refractivity contribution in [2.45, 2.75) is 39.3 Å². The molecule has 0 aliphatic carbocycles. The number of ether oxygens (including phenoxy) is 1. The second-order valence-electron chi connectivity index (χ2n) is 5.63. The standard InChI is InChI=1S/C15H24FNO2/c1-11(2)8-15(3,18)10-17-9-12-6-5-7-13(19-4)14(12)16/h5-7,11,17-18H,8-10H2,1-4H3. The number of halogens is 1. The molecule has 1 aromatic rings. The highest BCUT2D eigenvalue weighted by Gasteiger charge is 2.21. The third-order valence-electron chi connectivity index (χ3n) is 2.93. The van der Waals surface area contributed by atoms with Gasteiger partial charge in [0.25, 0.3) is 0 Å². The Morgan fingerprint density at radius 1 is 1.42 bits per heavy atom. The summed E-state index contributed by atoms with van der Waals surface area (Å²) in [7, 11) is 1.45. The van der Waals surface area contributed by atoms with E-state index in [2.05, 4.69) is 19.2 Å². The Morgan fingerprint density at radius 3 is 2.68 bits per heavy atom. The van der Waals surface area contributed by atoms with Crippen LogP contribution in [0.4, 0.5) is 4.39 Å². The summed E-state index contributed by atoms with van der Waals surface area (Å²) in [6.07, 6.45) is 0.709. The molecule has 108 valence electrons. The van der Waals surface area contributed by atoms with Gasteiger partial charge < -0.3 is 15.2 Å². The first kappa shape index (κ1) is 15.9. The molecule has 0 bridgehead atoms. The Bertz CT molecular complexity index is 405. The summed E-state index contributed by atoms with van der Waals surface area (Å²) in [6, 6.07) is 5.06. The average molecular weight is 269 g/mol. The largest absolute Gasteiger partial charge is 0.494 e. The van der Waals surface area contributed by atoms with E-state index in [0.717, 1.165) is 0 Å².